The van der Waals surface area contributed by atoms with Crippen LogP contribution < -0.4 is 11.1 Å². The second kappa shape index (κ2) is 4.23. The molecule has 70 valence electrons. The highest BCUT2D eigenvalue weighted by Crippen LogP contribution is 2.12. The molecular weight excluding hydrogens is 180 g/mol. The summed E-state index contributed by atoms with van der Waals surface area (Å²) in [6.45, 7) is 4.89. The molecule has 0 aliphatic heterocycles. The number of benzene rings is 1. The lowest BCUT2D eigenvalue weighted by atomic mass is 10.0. The largest absolute Gasteiger partial charge is 0.376 e. The second-order valence-electron chi connectivity index (χ2n) is 3.09. The number of hydrogen-bond acceptors (Lipinski definition) is 1. The molecule has 13 heavy (non-hydrogen) atoms. The second-order valence-corrected chi connectivity index (χ2v) is 3.53. The molecule has 0 saturated heterocycles. The lowest BCUT2D eigenvalue weighted by Gasteiger charge is -2.10. The predicted octanol–water partition coefficient (Wildman–Crippen LogP) is 1.64. The van der Waals surface area contributed by atoms with E-state index in [0.717, 1.165) is 0 Å². The zero-order valence-corrected chi connectivity index (χ0v) is 8.74. The van der Waals surface area contributed by atoms with Crippen molar-refractivity contribution in [3.8, 4) is 0 Å². The van der Waals surface area contributed by atoms with E-state index >= 15 is 0 Å². The first-order chi connectivity index (χ1) is 6.11. The van der Waals surface area contributed by atoms with Crippen LogP contribution in [0.5, 0.6) is 0 Å². The van der Waals surface area contributed by atoms with Gasteiger partial charge < -0.3 is 11.1 Å². The third kappa shape index (κ3) is 2.70. The molecule has 0 aliphatic rings. The molecule has 0 fully saturated rings. The van der Waals surface area contributed by atoms with Crippen LogP contribution in [0.15, 0.2) is 18.2 Å². The summed E-state index contributed by atoms with van der Waals surface area (Å²) in [6, 6.07) is 6.22. The standard InChI is InChI=1S/C10H14N2S/c1-7-4-3-5-8(2)9(7)6-12-10(11)13/h3-5H,6H2,1-2H3,(H3,11,12,13). The SMILES string of the molecule is Cc1cccc(C)c1CNC(N)=S. The molecule has 3 heteroatoms. The van der Waals surface area contributed by atoms with Gasteiger partial charge >= 0.3 is 0 Å². The van der Waals surface area contributed by atoms with Gasteiger partial charge in [-0.1, -0.05) is 18.2 Å². The van der Waals surface area contributed by atoms with Gasteiger partial charge in [0.2, 0.25) is 0 Å². The molecule has 0 radical (unpaired) electrons. The van der Waals surface area contributed by atoms with E-state index in [0.29, 0.717) is 11.7 Å². The molecule has 0 bridgehead atoms. The Hall–Kier alpha value is -1.09. The van der Waals surface area contributed by atoms with Crippen LogP contribution in [0, 0.1) is 13.8 Å². The lowest BCUT2D eigenvalue weighted by molar-refractivity contribution is 0.900. The minimum absolute atomic E-state index is 0.350. The van der Waals surface area contributed by atoms with E-state index in [9.17, 15) is 0 Å². The van der Waals surface area contributed by atoms with Crippen molar-refractivity contribution in [1.29, 1.82) is 0 Å². The van der Waals surface area contributed by atoms with Crippen molar-refractivity contribution < 1.29 is 0 Å². The summed E-state index contributed by atoms with van der Waals surface area (Å²) in [4.78, 5) is 0. The maximum absolute atomic E-state index is 5.36. The third-order valence-corrected chi connectivity index (χ3v) is 2.23. The number of aryl methyl sites for hydroxylation is 2. The van der Waals surface area contributed by atoms with E-state index in [-0.39, 0.29) is 0 Å². The topological polar surface area (TPSA) is 38.0 Å². The maximum atomic E-state index is 5.36. The fourth-order valence-corrected chi connectivity index (χ4v) is 1.38. The molecular formula is C10H14N2S. The highest BCUT2D eigenvalue weighted by atomic mass is 32.1. The number of hydrogen-bond donors (Lipinski definition) is 2. The lowest BCUT2D eigenvalue weighted by Crippen LogP contribution is -2.28. The summed E-state index contributed by atoms with van der Waals surface area (Å²) in [6.07, 6.45) is 0. The van der Waals surface area contributed by atoms with Crippen molar-refractivity contribution in [1.82, 2.24) is 5.32 Å². The number of rotatable bonds is 2. The van der Waals surface area contributed by atoms with Crippen LogP contribution in [-0.2, 0) is 6.54 Å². The van der Waals surface area contributed by atoms with Crippen molar-refractivity contribution >= 4 is 17.3 Å². The van der Waals surface area contributed by atoms with Gasteiger partial charge in [-0.05, 0) is 42.8 Å². The first kappa shape index (κ1) is 9.99. The molecule has 3 N–H and O–H groups in total. The van der Waals surface area contributed by atoms with Crippen LogP contribution >= 0.6 is 12.2 Å². The Morgan fingerprint density at radius 2 is 1.92 bits per heavy atom. The first-order valence-electron chi connectivity index (χ1n) is 4.19. The molecule has 1 aromatic carbocycles. The molecule has 1 aromatic rings. The summed E-state index contributed by atoms with van der Waals surface area (Å²) < 4.78 is 0. The Labute approximate surface area is 84.1 Å². The van der Waals surface area contributed by atoms with Crippen LogP contribution in [0.25, 0.3) is 0 Å². The molecule has 2 nitrogen and oxygen atoms in total. The Balaban J connectivity index is 2.81. The van der Waals surface area contributed by atoms with E-state index in [2.05, 4.69) is 37.4 Å². The minimum Gasteiger partial charge on any atom is -0.376 e. The Kier molecular flexibility index (Phi) is 3.25. The summed E-state index contributed by atoms with van der Waals surface area (Å²) in [5.74, 6) is 0. The normalized spacial score (nSPS) is 9.69. The molecule has 0 unspecified atom stereocenters. The molecule has 1 rings (SSSR count). The van der Waals surface area contributed by atoms with Gasteiger partial charge in [0.15, 0.2) is 5.11 Å². The first-order valence-corrected chi connectivity index (χ1v) is 4.60. The van der Waals surface area contributed by atoms with Gasteiger partial charge in [0, 0.05) is 6.54 Å². The van der Waals surface area contributed by atoms with Gasteiger partial charge in [-0.2, -0.15) is 0 Å². The molecule has 0 aromatic heterocycles. The average molecular weight is 194 g/mol. The van der Waals surface area contributed by atoms with Crippen LogP contribution in [-0.4, -0.2) is 5.11 Å². The Bertz CT molecular complexity index is 300. The molecule has 0 saturated carbocycles. The third-order valence-electron chi connectivity index (χ3n) is 2.08. The zero-order valence-electron chi connectivity index (χ0n) is 7.92. The van der Waals surface area contributed by atoms with Crippen molar-refractivity contribution in [2.24, 2.45) is 5.73 Å². The van der Waals surface area contributed by atoms with Gasteiger partial charge in [0.25, 0.3) is 0 Å². The monoisotopic (exact) mass is 194 g/mol. The Morgan fingerprint density at radius 3 is 2.38 bits per heavy atom. The van der Waals surface area contributed by atoms with E-state index < -0.39 is 0 Å². The maximum Gasteiger partial charge on any atom is 0.163 e. The van der Waals surface area contributed by atoms with E-state index in [4.69, 9.17) is 18.0 Å². The predicted molar refractivity (Wildman–Crippen MR) is 59.5 cm³/mol. The molecule has 0 aliphatic carbocycles. The van der Waals surface area contributed by atoms with Crippen molar-refractivity contribution in [2.45, 2.75) is 20.4 Å². The summed E-state index contributed by atoms with van der Waals surface area (Å²) in [5, 5.41) is 3.30. The molecule has 0 atom stereocenters. The molecule has 0 spiro atoms. The number of nitrogens with two attached hydrogens (primary N) is 1. The highest BCUT2D eigenvalue weighted by Gasteiger charge is 2.00. The van der Waals surface area contributed by atoms with Crippen LogP contribution in [0.3, 0.4) is 0 Å². The van der Waals surface area contributed by atoms with Gasteiger partial charge in [0.05, 0.1) is 0 Å². The van der Waals surface area contributed by atoms with Gasteiger partial charge in [-0.15, -0.1) is 0 Å². The minimum atomic E-state index is 0.350. The Morgan fingerprint density at radius 1 is 1.38 bits per heavy atom. The highest BCUT2D eigenvalue weighted by molar-refractivity contribution is 7.80. The molecule has 0 amide bonds. The fourth-order valence-electron chi connectivity index (χ4n) is 1.30. The zero-order chi connectivity index (χ0) is 9.84. The van der Waals surface area contributed by atoms with Crippen molar-refractivity contribution in [3.63, 3.8) is 0 Å². The number of thiocarbonyl (C=S) groups is 1. The van der Waals surface area contributed by atoms with Gasteiger partial charge in [0.1, 0.15) is 0 Å². The van der Waals surface area contributed by atoms with E-state index in [1.165, 1.54) is 16.7 Å². The van der Waals surface area contributed by atoms with Crippen LogP contribution in [0.1, 0.15) is 16.7 Å². The fraction of sp³-hybridized carbons (Fsp3) is 0.300. The number of nitrogens with one attached hydrogen (secondary N) is 1. The summed E-state index contributed by atoms with van der Waals surface area (Å²) >= 11 is 4.75. The van der Waals surface area contributed by atoms with Crippen molar-refractivity contribution in [2.75, 3.05) is 0 Å². The van der Waals surface area contributed by atoms with Gasteiger partial charge in [-0.3, -0.25) is 0 Å². The van der Waals surface area contributed by atoms with Crippen LogP contribution in [0.4, 0.5) is 0 Å². The van der Waals surface area contributed by atoms with Crippen LogP contribution in [0.2, 0.25) is 0 Å². The summed E-state index contributed by atoms with van der Waals surface area (Å²) in [5.41, 5.74) is 9.17. The van der Waals surface area contributed by atoms with Gasteiger partial charge in [-0.25, -0.2) is 0 Å². The van der Waals surface area contributed by atoms with E-state index in [1.807, 2.05) is 0 Å². The average Bonchev–Trinajstić information content (AvgIpc) is 2.03. The summed E-state index contributed by atoms with van der Waals surface area (Å²) in [7, 11) is 0. The quantitative estimate of drug-likeness (QED) is 0.703. The smallest absolute Gasteiger partial charge is 0.163 e. The van der Waals surface area contributed by atoms with E-state index in [1.54, 1.807) is 0 Å². The molecule has 0 heterocycles. The van der Waals surface area contributed by atoms with Crippen molar-refractivity contribution in [3.05, 3.63) is 34.9 Å².